The smallest absolute Gasteiger partial charge is 0.312 e. The fourth-order valence-electron chi connectivity index (χ4n) is 12.1. The lowest BCUT2D eigenvalue weighted by molar-refractivity contribution is -0.179. The Kier molecular flexibility index (Phi) is 8.00. The molecule has 6 aliphatic carbocycles. The van der Waals surface area contributed by atoms with E-state index in [2.05, 4.69) is 73.6 Å². The highest BCUT2D eigenvalue weighted by molar-refractivity contribution is 5.77. The number of fused-ring (bicyclic) bond motifs is 6. The van der Waals surface area contributed by atoms with Gasteiger partial charge in [0.2, 0.25) is 0 Å². The number of carbonyl (C=O) groups excluding carboxylic acids is 1. The molecule has 0 aromatic carbocycles. The summed E-state index contributed by atoms with van der Waals surface area (Å²) in [4.78, 5) is 14.3. The van der Waals surface area contributed by atoms with E-state index in [4.69, 9.17) is 4.74 Å². The van der Waals surface area contributed by atoms with Crippen molar-refractivity contribution in [1.29, 1.82) is 0 Å². The molecule has 9 atom stereocenters. The second-order valence-electron chi connectivity index (χ2n) is 17.7. The average molecular weight is 575 g/mol. The van der Waals surface area contributed by atoms with E-state index >= 15 is 0 Å². The second-order valence-corrected chi connectivity index (χ2v) is 17.7. The zero-order chi connectivity index (χ0) is 30.1. The first-order chi connectivity index (χ1) is 19.8. The Morgan fingerprint density at radius 3 is 2.29 bits per heavy atom. The van der Waals surface area contributed by atoms with E-state index < -0.39 is 0 Å². The average Bonchev–Trinajstić information content (AvgIpc) is 2.95. The van der Waals surface area contributed by atoms with Crippen LogP contribution in [-0.2, 0) is 9.53 Å². The normalized spacial score (nSPS) is 45.1. The zero-order valence-corrected chi connectivity index (χ0v) is 28.5. The highest BCUT2D eigenvalue weighted by Crippen LogP contribution is 2.65. The maximum Gasteiger partial charge on any atom is 0.312 e. The molecule has 0 aromatic rings. The molecule has 0 bridgehead atoms. The van der Waals surface area contributed by atoms with Crippen LogP contribution in [0, 0.1) is 63.1 Å². The van der Waals surface area contributed by atoms with E-state index in [9.17, 15) is 4.79 Å². The Bertz CT molecular complexity index is 1150. The lowest BCUT2D eigenvalue weighted by Gasteiger charge is -2.60. The maximum atomic E-state index is 14.3. The van der Waals surface area contributed by atoms with Gasteiger partial charge in [-0.3, -0.25) is 4.79 Å². The Morgan fingerprint density at radius 1 is 0.857 bits per heavy atom. The van der Waals surface area contributed by atoms with Crippen molar-refractivity contribution in [3.05, 3.63) is 34.9 Å². The van der Waals surface area contributed by atoms with Crippen LogP contribution in [0.1, 0.15) is 139 Å². The van der Waals surface area contributed by atoms with Gasteiger partial charge in [0, 0.05) is 5.41 Å². The number of allylic oxidation sites excluding steroid dienone is 6. The van der Waals surface area contributed by atoms with Crippen molar-refractivity contribution in [3.63, 3.8) is 0 Å². The first kappa shape index (κ1) is 30.7. The molecule has 234 valence electrons. The van der Waals surface area contributed by atoms with Gasteiger partial charge in [-0.1, -0.05) is 90.7 Å². The van der Waals surface area contributed by atoms with Gasteiger partial charge in [-0.25, -0.2) is 0 Å². The van der Waals surface area contributed by atoms with Gasteiger partial charge in [0.25, 0.3) is 0 Å². The lowest BCUT2D eigenvalue weighted by atomic mass is 9.45. The Morgan fingerprint density at radius 2 is 1.57 bits per heavy atom. The molecule has 2 heteroatoms. The van der Waals surface area contributed by atoms with E-state index in [0.29, 0.717) is 35.7 Å². The predicted molar refractivity (Wildman–Crippen MR) is 175 cm³/mol. The van der Waals surface area contributed by atoms with Gasteiger partial charge in [0.1, 0.15) is 0 Å². The van der Waals surface area contributed by atoms with Crippen LogP contribution in [0.3, 0.4) is 0 Å². The van der Waals surface area contributed by atoms with E-state index in [1.807, 2.05) is 0 Å². The first-order valence-electron chi connectivity index (χ1n) is 18.1. The zero-order valence-electron chi connectivity index (χ0n) is 28.5. The Labute approximate surface area is 258 Å². The molecule has 0 N–H and O–H groups in total. The van der Waals surface area contributed by atoms with Crippen molar-refractivity contribution in [1.82, 2.24) is 0 Å². The second kappa shape index (κ2) is 10.9. The number of carbonyl (C=O) groups is 1. The van der Waals surface area contributed by atoms with Gasteiger partial charge < -0.3 is 4.74 Å². The van der Waals surface area contributed by atoms with Gasteiger partial charge in [-0.2, -0.15) is 0 Å². The van der Waals surface area contributed by atoms with Crippen molar-refractivity contribution in [2.24, 2.45) is 63.1 Å². The van der Waals surface area contributed by atoms with Gasteiger partial charge >= 0.3 is 5.97 Å². The summed E-state index contributed by atoms with van der Waals surface area (Å²) < 4.78 is 6.60. The highest BCUT2D eigenvalue weighted by atomic mass is 16.5. The van der Waals surface area contributed by atoms with E-state index in [0.717, 1.165) is 37.0 Å². The molecular formula is C40H62O2. The standard InChI is InChI=1S/C40H62O2/c1-26(2)28-11-15-32-30(23-28)13-17-34-37(5,19-9-20-38(32,34)6)25-42-36(41)40(8)22-10-21-39(7)33-16-12-29(27(3)4)24-31(33)14-18-35(39)40/h14,23-24,26-28,32-35H,9-13,15-22,25H2,1-8H3/t28?,32-,33-,34?,35?,37-,38-,39-,40+/m1/s1. The molecule has 0 amide bonds. The molecule has 0 spiro atoms. The fraction of sp³-hybridized carbons (Fsp3) is 0.825. The summed E-state index contributed by atoms with van der Waals surface area (Å²) in [7, 11) is 0. The van der Waals surface area contributed by atoms with Crippen molar-refractivity contribution in [2.45, 2.75) is 139 Å². The van der Waals surface area contributed by atoms with Gasteiger partial charge in [0.05, 0.1) is 12.0 Å². The lowest BCUT2D eigenvalue weighted by Crippen LogP contribution is -2.55. The summed E-state index contributed by atoms with van der Waals surface area (Å²) in [5.74, 6) is 4.64. The molecule has 6 aliphatic rings. The van der Waals surface area contributed by atoms with Crippen LogP contribution >= 0.6 is 0 Å². The molecule has 2 nitrogen and oxygen atoms in total. The molecule has 42 heavy (non-hydrogen) atoms. The SMILES string of the molecule is CC(C)C1=CC2=CCC3[C@](C)(CCC[C@]3(C)C(=O)OC[C@@]3(C)CCC[C@@]4(C)C3CCC3=CC(C(C)C)CC[C@H]34)[C@@H]2CC1. The molecule has 6 rings (SSSR count). The summed E-state index contributed by atoms with van der Waals surface area (Å²) in [6.07, 6.45) is 23.7. The number of esters is 1. The van der Waals surface area contributed by atoms with Crippen LogP contribution < -0.4 is 0 Å². The van der Waals surface area contributed by atoms with Crippen molar-refractivity contribution >= 4 is 5.97 Å². The summed E-state index contributed by atoms with van der Waals surface area (Å²) in [6.45, 7) is 20.0. The molecule has 3 saturated carbocycles. The molecule has 3 fully saturated rings. The number of hydrogen-bond donors (Lipinski definition) is 0. The molecule has 3 unspecified atom stereocenters. The molecule has 0 heterocycles. The van der Waals surface area contributed by atoms with E-state index in [1.165, 1.54) is 64.2 Å². The molecule has 0 saturated heterocycles. The van der Waals surface area contributed by atoms with Crippen LogP contribution in [0.25, 0.3) is 0 Å². The van der Waals surface area contributed by atoms with Crippen LogP contribution in [-0.4, -0.2) is 12.6 Å². The van der Waals surface area contributed by atoms with Crippen LogP contribution in [0.2, 0.25) is 0 Å². The van der Waals surface area contributed by atoms with Crippen LogP contribution in [0.4, 0.5) is 0 Å². The third kappa shape index (κ3) is 4.83. The van der Waals surface area contributed by atoms with E-state index in [1.54, 1.807) is 16.7 Å². The summed E-state index contributed by atoms with van der Waals surface area (Å²) in [5, 5.41) is 0. The minimum atomic E-state index is -0.372. The van der Waals surface area contributed by atoms with Gasteiger partial charge in [-0.05, 0) is 135 Å². The van der Waals surface area contributed by atoms with Crippen LogP contribution in [0.5, 0.6) is 0 Å². The minimum Gasteiger partial charge on any atom is -0.465 e. The third-order valence-electron chi connectivity index (χ3n) is 14.7. The predicted octanol–water partition coefficient (Wildman–Crippen LogP) is 10.9. The third-order valence-corrected chi connectivity index (χ3v) is 14.7. The maximum absolute atomic E-state index is 14.3. The van der Waals surface area contributed by atoms with Crippen molar-refractivity contribution in [2.75, 3.05) is 6.61 Å². The molecule has 0 aromatic heterocycles. The largest absolute Gasteiger partial charge is 0.465 e. The molecule has 0 aliphatic heterocycles. The van der Waals surface area contributed by atoms with Gasteiger partial charge in [-0.15, -0.1) is 0 Å². The molecule has 0 radical (unpaired) electrons. The van der Waals surface area contributed by atoms with Gasteiger partial charge in [0.15, 0.2) is 0 Å². The number of hydrogen-bond acceptors (Lipinski definition) is 2. The first-order valence-corrected chi connectivity index (χ1v) is 18.1. The fourth-order valence-corrected chi connectivity index (χ4v) is 12.1. The quantitative estimate of drug-likeness (QED) is 0.241. The molecular weight excluding hydrogens is 512 g/mol. The topological polar surface area (TPSA) is 26.3 Å². The van der Waals surface area contributed by atoms with Crippen LogP contribution in [0.15, 0.2) is 34.9 Å². The summed E-state index contributed by atoms with van der Waals surface area (Å²) in [5.41, 5.74) is 5.24. The highest BCUT2D eigenvalue weighted by Gasteiger charge is 2.59. The number of ether oxygens (including phenoxy) is 1. The summed E-state index contributed by atoms with van der Waals surface area (Å²) >= 11 is 0. The van der Waals surface area contributed by atoms with Crippen molar-refractivity contribution in [3.8, 4) is 0 Å². The summed E-state index contributed by atoms with van der Waals surface area (Å²) in [6, 6.07) is 0. The monoisotopic (exact) mass is 574 g/mol. The number of rotatable bonds is 5. The minimum absolute atomic E-state index is 0.0957. The Balaban J connectivity index is 1.19. The Hall–Kier alpha value is -1.31. The van der Waals surface area contributed by atoms with E-state index in [-0.39, 0.29) is 22.2 Å². The van der Waals surface area contributed by atoms with Crippen molar-refractivity contribution < 1.29 is 9.53 Å².